The molecule has 27 heavy (non-hydrogen) atoms. The summed E-state index contributed by atoms with van der Waals surface area (Å²) in [7, 11) is 4.14. The fourth-order valence-electron chi connectivity index (χ4n) is 2.21. The second-order valence-corrected chi connectivity index (χ2v) is 5.75. The Morgan fingerprint density at radius 2 is 1.93 bits per heavy atom. The SMILES string of the molecule is CN=C(NCCc1cccc(C(=O)NC)c1)NCC(=O)N(C)CC(F)(F)F. The van der Waals surface area contributed by atoms with Gasteiger partial charge in [0.25, 0.3) is 5.91 Å². The number of hydrogen-bond donors (Lipinski definition) is 3. The molecule has 0 aliphatic heterocycles. The third kappa shape index (κ3) is 8.43. The van der Waals surface area contributed by atoms with Crippen LogP contribution in [0.3, 0.4) is 0 Å². The number of likely N-dealkylation sites (N-methyl/N-ethyl adjacent to an activating group) is 1. The summed E-state index contributed by atoms with van der Waals surface area (Å²) in [6.45, 7) is -1.15. The molecule has 0 saturated carbocycles. The van der Waals surface area contributed by atoms with Crippen molar-refractivity contribution in [3.8, 4) is 0 Å². The number of halogens is 3. The van der Waals surface area contributed by atoms with Gasteiger partial charge in [0.2, 0.25) is 5.91 Å². The Labute approximate surface area is 156 Å². The zero-order chi connectivity index (χ0) is 20.4. The topological polar surface area (TPSA) is 85.8 Å². The van der Waals surface area contributed by atoms with E-state index in [2.05, 4.69) is 20.9 Å². The summed E-state index contributed by atoms with van der Waals surface area (Å²) in [5, 5.41) is 8.20. The number of hydrogen-bond acceptors (Lipinski definition) is 3. The molecule has 0 aliphatic carbocycles. The van der Waals surface area contributed by atoms with Crippen LogP contribution in [0.2, 0.25) is 0 Å². The predicted molar refractivity (Wildman–Crippen MR) is 96.6 cm³/mol. The molecule has 0 aromatic heterocycles. The number of aliphatic imine (C=N–C) groups is 1. The van der Waals surface area contributed by atoms with Crippen LogP contribution in [0.15, 0.2) is 29.3 Å². The first-order valence-corrected chi connectivity index (χ1v) is 8.22. The lowest BCUT2D eigenvalue weighted by atomic mass is 10.1. The maximum Gasteiger partial charge on any atom is 0.406 e. The molecule has 10 heteroatoms. The van der Waals surface area contributed by atoms with Crippen molar-refractivity contribution in [1.29, 1.82) is 0 Å². The second-order valence-electron chi connectivity index (χ2n) is 5.75. The summed E-state index contributed by atoms with van der Waals surface area (Å²) in [6, 6.07) is 7.13. The van der Waals surface area contributed by atoms with Crippen LogP contribution in [0.5, 0.6) is 0 Å². The van der Waals surface area contributed by atoms with Crippen molar-refractivity contribution in [3.05, 3.63) is 35.4 Å². The first-order valence-electron chi connectivity index (χ1n) is 8.22. The average Bonchev–Trinajstić information content (AvgIpc) is 2.62. The van der Waals surface area contributed by atoms with Crippen LogP contribution in [0.1, 0.15) is 15.9 Å². The molecular weight excluding hydrogens is 363 g/mol. The molecular formula is C17H24F3N5O2. The number of benzene rings is 1. The number of guanidine groups is 1. The summed E-state index contributed by atoms with van der Waals surface area (Å²) < 4.78 is 36.9. The van der Waals surface area contributed by atoms with Crippen molar-refractivity contribution >= 4 is 17.8 Å². The van der Waals surface area contributed by atoms with Crippen molar-refractivity contribution in [2.75, 3.05) is 40.8 Å². The minimum absolute atomic E-state index is 0.177. The van der Waals surface area contributed by atoms with Gasteiger partial charge >= 0.3 is 6.18 Å². The van der Waals surface area contributed by atoms with E-state index >= 15 is 0 Å². The predicted octanol–water partition coefficient (Wildman–Crippen LogP) is 0.774. The molecule has 3 N–H and O–H groups in total. The molecule has 0 unspecified atom stereocenters. The van der Waals surface area contributed by atoms with E-state index in [1.807, 2.05) is 6.07 Å². The molecule has 1 aromatic rings. The fraction of sp³-hybridized carbons (Fsp3) is 0.471. The van der Waals surface area contributed by atoms with Crippen LogP contribution in [0.4, 0.5) is 13.2 Å². The normalized spacial score (nSPS) is 11.7. The number of carbonyl (C=O) groups excluding carboxylic acids is 2. The largest absolute Gasteiger partial charge is 0.406 e. The summed E-state index contributed by atoms with van der Waals surface area (Å²) in [5.74, 6) is -0.580. The lowest BCUT2D eigenvalue weighted by Crippen LogP contribution is -2.45. The van der Waals surface area contributed by atoms with Gasteiger partial charge in [0, 0.05) is 33.3 Å². The van der Waals surface area contributed by atoms with Gasteiger partial charge in [-0.25, -0.2) is 0 Å². The highest BCUT2D eigenvalue weighted by atomic mass is 19.4. The van der Waals surface area contributed by atoms with Crippen molar-refractivity contribution < 1.29 is 22.8 Å². The average molecular weight is 387 g/mol. The molecule has 0 radical (unpaired) electrons. The van der Waals surface area contributed by atoms with Crippen LogP contribution in [-0.2, 0) is 11.2 Å². The van der Waals surface area contributed by atoms with E-state index in [1.165, 1.54) is 7.05 Å². The Hall–Kier alpha value is -2.78. The summed E-state index contributed by atoms with van der Waals surface area (Å²) in [6.07, 6.45) is -3.85. The van der Waals surface area contributed by atoms with Gasteiger partial charge in [-0.2, -0.15) is 13.2 Å². The Kier molecular flexibility index (Phi) is 8.57. The highest BCUT2D eigenvalue weighted by molar-refractivity contribution is 5.94. The van der Waals surface area contributed by atoms with Crippen LogP contribution in [0.25, 0.3) is 0 Å². The van der Waals surface area contributed by atoms with Gasteiger partial charge in [-0.3, -0.25) is 14.6 Å². The smallest absolute Gasteiger partial charge is 0.356 e. The van der Waals surface area contributed by atoms with Crippen LogP contribution < -0.4 is 16.0 Å². The molecule has 150 valence electrons. The molecule has 0 spiro atoms. The summed E-state index contributed by atoms with van der Waals surface area (Å²) >= 11 is 0. The van der Waals surface area contributed by atoms with Gasteiger partial charge in [-0.15, -0.1) is 0 Å². The lowest BCUT2D eigenvalue weighted by Gasteiger charge is -2.20. The standard InChI is InChI=1S/C17H24F3N5O2/c1-21-15(27)13-6-4-5-12(9-13)7-8-23-16(22-2)24-10-14(26)25(3)11-17(18,19)20/h4-6,9H,7-8,10-11H2,1-3H3,(H,21,27)(H2,22,23,24). The zero-order valence-corrected chi connectivity index (χ0v) is 15.5. The van der Waals surface area contributed by atoms with Gasteiger partial charge in [0.05, 0.1) is 6.54 Å². The van der Waals surface area contributed by atoms with Crippen LogP contribution in [0, 0.1) is 0 Å². The van der Waals surface area contributed by atoms with Crippen molar-refractivity contribution in [3.63, 3.8) is 0 Å². The van der Waals surface area contributed by atoms with E-state index in [4.69, 9.17) is 0 Å². The quantitative estimate of drug-likeness (QED) is 0.477. The van der Waals surface area contributed by atoms with Gasteiger partial charge in [0.1, 0.15) is 6.54 Å². The van der Waals surface area contributed by atoms with Crippen LogP contribution >= 0.6 is 0 Å². The lowest BCUT2D eigenvalue weighted by molar-refractivity contribution is -0.157. The Balaban J connectivity index is 2.45. The number of amides is 2. The molecule has 2 amide bonds. The molecule has 1 rings (SSSR count). The Bertz CT molecular complexity index is 677. The number of alkyl halides is 3. The van der Waals surface area contributed by atoms with E-state index < -0.39 is 18.6 Å². The van der Waals surface area contributed by atoms with Gasteiger partial charge in [0.15, 0.2) is 5.96 Å². The van der Waals surface area contributed by atoms with Crippen molar-refractivity contribution in [2.45, 2.75) is 12.6 Å². The van der Waals surface area contributed by atoms with E-state index in [-0.39, 0.29) is 12.5 Å². The monoisotopic (exact) mass is 387 g/mol. The first-order chi connectivity index (χ1) is 12.7. The third-order valence-electron chi connectivity index (χ3n) is 3.60. The zero-order valence-electron chi connectivity index (χ0n) is 15.5. The third-order valence-corrected chi connectivity index (χ3v) is 3.60. The molecule has 0 bridgehead atoms. The van der Waals surface area contributed by atoms with Crippen LogP contribution in [-0.4, -0.2) is 69.6 Å². The Morgan fingerprint density at radius 3 is 2.52 bits per heavy atom. The van der Waals surface area contributed by atoms with E-state index in [1.54, 1.807) is 25.2 Å². The minimum atomic E-state index is -4.44. The van der Waals surface area contributed by atoms with E-state index in [0.717, 1.165) is 12.6 Å². The Morgan fingerprint density at radius 1 is 1.22 bits per heavy atom. The maximum absolute atomic E-state index is 12.3. The molecule has 0 atom stereocenters. The van der Waals surface area contributed by atoms with Gasteiger partial charge in [-0.1, -0.05) is 12.1 Å². The highest BCUT2D eigenvalue weighted by Crippen LogP contribution is 2.15. The summed E-state index contributed by atoms with van der Waals surface area (Å²) in [4.78, 5) is 27.9. The first kappa shape index (κ1) is 22.3. The molecule has 0 fully saturated rings. The highest BCUT2D eigenvalue weighted by Gasteiger charge is 2.31. The molecule has 7 nitrogen and oxygen atoms in total. The van der Waals surface area contributed by atoms with E-state index in [9.17, 15) is 22.8 Å². The second kappa shape index (κ2) is 10.4. The van der Waals surface area contributed by atoms with Crippen molar-refractivity contribution in [2.24, 2.45) is 4.99 Å². The van der Waals surface area contributed by atoms with Gasteiger partial charge < -0.3 is 20.9 Å². The number of carbonyl (C=O) groups is 2. The molecule has 0 heterocycles. The number of rotatable bonds is 7. The van der Waals surface area contributed by atoms with Gasteiger partial charge in [-0.05, 0) is 24.1 Å². The fourth-order valence-corrected chi connectivity index (χ4v) is 2.21. The van der Waals surface area contributed by atoms with Crippen molar-refractivity contribution in [1.82, 2.24) is 20.9 Å². The number of nitrogens with one attached hydrogen (secondary N) is 3. The maximum atomic E-state index is 12.3. The molecule has 0 saturated heterocycles. The molecule has 0 aliphatic rings. The number of nitrogens with zero attached hydrogens (tertiary/aromatic N) is 2. The summed E-state index contributed by atoms with van der Waals surface area (Å²) in [5.41, 5.74) is 1.48. The minimum Gasteiger partial charge on any atom is -0.356 e. The molecule has 1 aromatic carbocycles. The van der Waals surface area contributed by atoms with E-state index in [0.29, 0.717) is 29.4 Å².